The lowest BCUT2D eigenvalue weighted by Crippen LogP contribution is -2.05. The van der Waals surface area contributed by atoms with Gasteiger partial charge in [0, 0.05) is 18.6 Å². The predicted molar refractivity (Wildman–Crippen MR) is 130 cm³/mol. The van der Waals surface area contributed by atoms with Gasteiger partial charge in [-0.25, -0.2) is 9.79 Å². The molecular formula is C23H14BrClINO3. The summed E-state index contributed by atoms with van der Waals surface area (Å²) < 4.78 is 13.1. The molecule has 3 aromatic rings. The van der Waals surface area contributed by atoms with Crippen LogP contribution in [0.3, 0.4) is 0 Å². The SMILES string of the molecule is O=C1OC(c2ccc(I)c(Br)c2)=N/C1=C\c1ccc(OCc2cccc(Cl)c2)cc1. The maximum absolute atomic E-state index is 12.2. The zero-order valence-electron chi connectivity index (χ0n) is 15.4. The average molecular weight is 595 g/mol. The van der Waals surface area contributed by atoms with E-state index >= 15 is 0 Å². The first-order valence-corrected chi connectivity index (χ1v) is 11.2. The number of carbonyl (C=O) groups is 1. The van der Waals surface area contributed by atoms with Crippen molar-refractivity contribution in [1.82, 2.24) is 0 Å². The molecule has 0 aliphatic carbocycles. The lowest BCUT2D eigenvalue weighted by Gasteiger charge is -2.07. The summed E-state index contributed by atoms with van der Waals surface area (Å²) in [4.78, 5) is 16.6. The quantitative estimate of drug-likeness (QED) is 0.189. The van der Waals surface area contributed by atoms with Gasteiger partial charge in [0.2, 0.25) is 5.90 Å². The Balaban J connectivity index is 1.46. The molecule has 7 heteroatoms. The highest BCUT2D eigenvalue weighted by Gasteiger charge is 2.24. The number of aliphatic imine (C=N–C) groups is 1. The van der Waals surface area contributed by atoms with Crippen LogP contribution in [0.25, 0.3) is 6.08 Å². The normalized spacial score (nSPS) is 14.6. The lowest BCUT2D eigenvalue weighted by atomic mass is 10.2. The molecule has 4 nitrogen and oxygen atoms in total. The van der Waals surface area contributed by atoms with Crippen LogP contribution in [0.5, 0.6) is 5.75 Å². The number of benzene rings is 3. The molecule has 0 atom stereocenters. The molecule has 0 radical (unpaired) electrons. The standard InChI is InChI=1S/C23H14BrClINO3/c24-19-12-16(6-9-20(19)26)22-27-21(23(28)30-22)11-14-4-7-18(8-5-14)29-13-15-2-1-3-17(25)10-15/h1-12H,13H2/b21-11-. The molecule has 3 aromatic carbocycles. The third-order valence-corrected chi connectivity index (χ3v) is 6.84. The summed E-state index contributed by atoms with van der Waals surface area (Å²) in [5, 5.41) is 0.680. The molecule has 0 amide bonds. The van der Waals surface area contributed by atoms with Gasteiger partial charge in [-0.3, -0.25) is 0 Å². The molecule has 0 aromatic heterocycles. The van der Waals surface area contributed by atoms with Crippen molar-refractivity contribution in [1.29, 1.82) is 0 Å². The van der Waals surface area contributed by atoms with Gasteiger partial charge in [-0.2, -0.15) is 0 Å². The van der Waals surface area contributed by atoms with Crippen LogP contribution in [0.15, 0.2) is 81.9 Å². The molecule has 0 saturated heterocycles. The highest BCUT2D eigenvalue weighted by molar-refractivity contribution is 14.1. The Hall–Kier alpha value is -2.16. The fourth-order valence-corrected chi connectivity index (χ4v) is 3.70. The first-order chi connectivity index (χ1) is 14.5. The van der Waals surface area contributed by atoms with Crippen LogP contribution in [0, 0.1) is 3.57 Å². The molecule has 0 bridgehead atoms. The maximum Gasteiger partial charge on any atom is 0.363 e. The van der Waals surface area contributed by atoms with Gasteiger partial charge in [-0.1, -0.05) is 35.9 Å². The summed E-state index contributed by atoms with van der Waals surface area (Å²) in [7, 11) is 0. The van der Waals surface area contributed by atoms with Crippen LogP contribution in [-0.4, -0.2) is 11.9 Å². The highest BCUT2D eigenvalue weighted by atomic mass is 127. The fraction of sp³-hybridized carbons (Fsp3) is 0.0435. The molecule has 1 aliphatic heterocycles. The number of hydrogen-bond donors (Lipinski definition) is 0. The molecular weight excluding hydrogens is 581 g/mol. The summed E-state index contributed by atoms with van der Waals surface area (Å²) in [6, 6.07) is 20.6. The van der Waals surface area contributed by atoms with Crippen LogP contribution < -0.4 is 4.74 Å². The van der Waals surface area contributed by atoms with E-state index in [-0.39, 0.29) is 5.70 Å². The zero-order chi connectivity index (χ0) is 21.1. The van der Waals surface area contributed by atoms with Crippen LogP contribution in [0.1, 0.15) is 16.7 Å². The van der Waals surface area contributed by atoms with E-state index in [0.717, 1.165) is 30.5 Å². The van der Waals surface area contributed by atoms with Gasteiger partial charge in [-0.05, 0) is 98.2 Å². The van der Waals surface area contributed by atoms with E-state index in [1.165, 1.54) is 0 Å². The number of cyclic esters (lactones) is 1. The minimum Gasteiger partial charge on any atom is -0.489 e. The van der Waals surface area contributed by atoms with Crippen LogP contribution in [0.4, 0.5) is 0 Å². The average Bonchev–Trinajstić information content (AvgIpc) is 3.10. The Morgan fingerprint density at radius 3 is 2.63 bits per heavy atom. The van der Waals surface area contributed by atoms with Gasteiger partial charge in [-0.15, -0.1) is 0 Å². The van der Waals surface area contributed by atoms with Crippen LogP contribution in [0.2, 0.25) is 5.02 Å². The summed E-state index contributed by atoms with van der Waals surface area (Å²) >= 11 is 11.7. The molecule has 0 unspecified atom stereocenters. The fourth-order valence-electron chi connectivity index (χ4n) is 2.77. The third kappa shape index (κ3) is 5.11. The number of ether oxygens (including phenoxy) is 2. The topological polar surface area (TPSA) is 47.9 Å². The van der Waals surface area contributed by atoms with Crippen LogP contribution >= 0.6 is 50.1 Å². The van der Waals surface area contributed by atoms with Crippen LogP contribution in [-0.2, 0) is 16.1 Å². The second kappa shape index (κ2) is 9.32. The Bertz CT molecular complexity index is 1180. The van der Waals surface area contributed by atoms with Crippen molar-refractivity contribution in [2.75, 3.05) is 0 Å². The van der Waals surface area contributed by atoms with Crippen molar-refractivity contribution in [2.24, 2.45) is 4.99 Å². The largest absolute Gasteiger partial charge is 0.489 e. The minimum atomic E-state index is -0.471. The van der Waals surface area contributed by atoms with Crippen molar-refractivity contribution < 1.29 is 14.3 Å². The number of nitrogens with zero attached hydrogens (tertiary/aromatic N) is 1. The van der Waals surface area contributed by atoms with Gasteiger partial charge in [0.25, 0.3) is 0 Å². The van der Waals surface area contributed by atoms with Crippen molar-refractivity contribution >= 4 is 68.1 Å². The molecule has 0 spiro atoms. The van der Waals surface area contributed by atoms with Gasteiger partial charge >= 0.3 is 5.97 Å². The van der Waals surface area contributed by atoms with Gasteiger partial charge in [0.1, 0.15) is 12.4 Å². The number of rotatable bonds is 5. The lowest BCUT2D eigenvalue weighted by molar-refractivity contribution is -0.129. The summed E-state index contributed by atoms with van der Waals surface area (Å²) in [6.07, 6.45) is 1.69. The smallest absolute Gasteiger partial charge is 0.363 e. The Kier molecular flexibility index (Phi) is 6.55. The second-order valence-corrected chi connectivity index (χ2v) is 8.91. The number of carbonyl (C=O) groups excluding carboxylic acids is 1. The Labute approximate surface area is 200 Å². The monoisotopic (exact) mass is 593 g/mol. The number of esters is 1. The van der Waals surface area contributed by atoms with Crippen molar-refractivity contribution in [3.8, 4) is 5.75 Å². The Morgan fingerprint density at radius 1 is 1.10 bits per heavy atom. The molecule has 150 valence electrons. The predicted octanol–water partition coefficient (Wildman–Crippen LogP) is 6.63. The number of hydrogen-bond acceptors (Lipinski definition) is 4. The molecule has 1 aliphatic rings. The van der Waals surface area contributed by atoms with E-state index < -0.39 is 5.97 Å². The molecule has 30 heavy (non-hydrogen) atoms. The third-order valence-electron chi connectivity index (χ3n) is 4.27. The van der Waals surface area contributed by atoms with Crippen molar-refractivity contribution in [2.45, 2.75) is 6.61 Å². The van der Waals surface area contributed by atoms with Crippen molar-refractivity contribution in [3.63, 3.8) is 0 Å². The van der Waals surface area contributed by atoms with Gasteiger partial charge < -0.3 is 9.47 Å². The molecule has 0 fully saturated rings. The first kappa shape index (κ1) is 21.1. The van der Waals surface area contributed by atoms with Crippen molar-refractivity contribution in [3.05, 3.63) is 102 Å². The summed E-state index contributed by atoms with van der Waals surface area (Å²) in [5.41, 5.74) is 2.81. The molecule has 4 rings (SSSR count). The van der Waals surface area contributed by atoms with Gasteiger partial charge in [0.05, 0.1) is 0 Å². The molecule has 0 N–H and O–H groups in total. The zero-order valence-corrected chi connectivity index (χ0v) is 19.9. The molecule has 1 heterocycles. The van der Waals surface area contributed by atoms with E-state index in [9.17, 15) is 4.79 Å². The van der Waals surface area contributed by atoms with E-state index in [4.69, 9.17) is 21.1 Å². The summed E-state index contributed by atoms with van der Waals surface area (Å²) in [5.74, 6) is 0.546. The highest BCUT2D eigenvalue weighted by Crippen LogP contribution is 2.25. The van der Waals surface area contributed by atoms with E-state index in [2.05, 4.69) is 43.5 Å². The Morgan fingerprint density at radius 2 is 1.90 bits per heavy atom. The number of halogens is 3. The summed E-state index contributed by atoms with van der Waals surface area (Å²) in [6.45, 7) is 0.423. The molecule has 0 saturated carbocycles. The minimum absolute atomic E-state index is 0.257. The second-order valence-electron chi connectivity index (χ2n) is 6.45. The van der Waals surface area contributed by atoms with E-state index in [1.54, 1.807) is 6.08 Å². The van der Waals surface area contributed by atoms with E-state index in [0.29, 0.717) is 17.5 Å². The van der Waals surface area contributed by atoms with E-state index in [1.807, 2.05) is 66.7 Å². The van der Waals surface area contributed by atoms with Gasteiger partial charge in [0.15, 0.2) is 5.70 Å². The first-order valence-electron chi connectivity index (χ1n) is 8.93. The maximum atomic E-state index is 12.2.